The van der Waals surface area contributed by atoms with Gasteiger partial charge >= 0.3 is 11.6 Å². The topological polar surface area (TPSA) is 84.6 Å². The Bertz CT molecular complexity index is 1070. The lowest BCUT2D eigenvalue weighted by atomic mass is 10.2. The third-order valence-corrected chi connectivity index (χ3v) is 5.64. The van der Waals surface area contributed by atoms with E-state index in [0.717, 1.165) is 25.2 Å². The van der Waals surface area contributed by atoms with Gasteiger partial charge in [-0.25, -0.2) is 4.98 Å². The number of anilines is 1. The van der Waals surface area contributed by atoms with Crippen molar-refractivity contribution in [2.75, 3.05) is 31.1 Å². The second kappa shape index (κ2) is 9.28. The molecule has 0 amide bonds. The van der Waals surface area contributed by atoms with Crippen LogP contribution in [0.25, 0.3) is 0 Å². The normalized spacial score (nSPS) is 14.5. The van der Waals surface area contributed by atoms with E-state index in [0.29, 0.717) is 23.9 Å². The van der Waals surface area contributed by atoms with Crippen LogP contribution in [0.15, 0.2) is 54.9 Å². The van der Waals surface area contributed by atoms with Crippen molar-refractivity contribution in [1.29, 1.82) is 0 Å². The molecule has 1 saturated heterocycles. The van der Waals surface area contributed by atoms with Gasteiger partial charge in [0.05, 0.1) is 4.92 Å². The summed E-state index contributed by atoms with van der Waals surface area (Å²) in [5, 5.41) is 12.5. The number of halogens is 1. The van der Waals surface area contributed by atoms with Gasteiger partial charge in [0.1, 0.15) is 12.1 Å². The number of ether oxygens (including phenoxy) is 1. The Labute approximate surface area is 185 Å². The molecular weight excluding hydrogens is 418 g/mol. The van der Waals surface area contributed by atoms with Gasteiger partial charge in [0, 0.05) is 37.7 Å². The monoisotopic (exact) mass is 439 g/mol. The fraction of sp³-hybridized carbons (Fsp3) is 0.273. The molecule has 8 nitrogen and oxygen atoms in total. The van der Waals surface area contributed by atoms with E-state index in [2.05, 4.69) is 27.0 Å². The highest BCUT2D eigenvalue weighted by atomic mass is 35.5. The minimum absolute atomic E-state index is 0.0802. The van der Waals surface area contributed by atoms with Gasteiger partial charge in [0.25, 0.3) is 0 Å². The zero-order chi connectivity index (χ0) is 21.8. The number of nitro groups is 1. The molecule has 0 bridgehead atoms. The molecule has 0 radical (unpaired) electrons. The maximum absolute atomic E-state index is 11.9. The summed E-state index contributed by atoms with van der Waals surface area (Å²) in [6, 6.07) is 15.3. The van der Waals surface area contributed by atoms with Crippen LogP contribution in [0.5, 0.6) is 11.6 Å². The number of piperazine rings is 1. The molecule has 2 heterocycles. The first-order valence-corrected chi connectivity index (χ1v) is 10.3. The molecule has 1 aliphatic rings. The van der Waals surface area contributed by atoms with Crippen molar-refractivity contribution in [2.24, 2.45) is 0 Å². The molecule has 160 valence electrons. The molecule has 3 aromatic rings. The lowest BCUT2D eigenvalue weighted by Gasteiger charge is -2.35. The Morgan fingerprint density at radius 1 is 1.10 bits per heavy atom. The van der Waals surface area contributed by atoms with Gasteiger partial charge in [-0.3, -0.25) is 15.0 Å². The van der Waals surface area contributed by atoms with E-state index in [1.54, 1.807) is 18.2 Å². The van der Waals surface area contributed by atoms with Gasteiger partial charge in [-0.2, -0.15) is 4.98 Å². The molecule has 4 rings (SSSR count). The molecule has 0 spiro atoms. The molecule has 1 aliphatic heterocycles. The quantitative estimate of drug-likeness (QED) is 0.414. The Hall–Kier alpha value is -3.23. The SMILES string of the molecule is Cc1cc(Oc2ncnc(N3CCN(Cc4ccccc4)CC3)c2[N+](=O)[O-])ccc1Cl. The Morgan fingerprint density at radius 3 is 2.52 bits per heavy atom. The number of hydrogen-bond donors (Lipinski definition) is 0. The zero-order valence-corrected chi connectivity index (χ0v) is 17.8. The van der Waals surface area contributed by atoms with Crippen LogP contribution in [0.4, 0.5) is 11.5 Å². The lowest BCUT2D eigenvalue weighted by molar-refractivity contribution is -0.385. The van der Waals surface area contributed by atoms with Gasteiger partial charge in [-0.1, -0.05) is 41.9 Å². The number of hydrogen-bond acceptors (Lipinski definition) is 7. The lowest BCUT2D eigenvalue weighted by Crippen LogP contribution is -2.46. The number of benzene rings is 2. The van der Waals surface area contributed by atoms with Gasteiger partial charge in [0.15, 0.2) is 0 Å². The number of aromatic nitrogens is 2. The molecule has 0 atom stereocenters. The van der Waals surface area contributed by atoms with Crippen LogP contribution in [0.1, 0.15) is 11.1 Å². The summed E-state index contributed by atoms with van der Waals surface area (Å²) in [5.41, 5.74) is 1.83. The molecule has 0 N–H and O–H groups in total. The summed E-state index contributed by atoms with van der Waals surface area (Å²) in [5.74, 6) is 0.630. The molecule has 1 fully saturated rings. The molecule has 0 unspecified atom stereocenters. The van der Waals surface area contributed by atoms with E-state index in [4.69, 9.17) is 16.3 Å². The summed E-state index contributed by atoms with van der Waals surface area (Å²) in [4.78, 5) is 23.9. The first kappa shape index (κ1) is 21.0. The predicted molar refractivity (Wildman–Crippen MR) is 119 cm³/mol. The number of aryl methyl sites for hydroxylation is 1. The van der Waals surface area contributed by atoms with Crippen molar-refractivity contribution < 1.29 is 9.66 Å². The van der Waals surface area contributed by atoms with Crippen molar-refractivity contribution >= 4 is 23.1 Å². The van der Waals surface area contributed by atoms with Gasteiger partial charge in [-0.05, 0) is 36.2 Å². The Morgan fingerprint density at radius 2 is 1.84 bits per heavy atom. The summed E-state index contributed by atoms with van der Waals surface area (Å²) < 4.78 is 5.75. The highest BCUT2D eigenvalue weighted by molar-refractivity contribution is 6.31. The average molecular weight is 440 g/mol. The van der Waals surface area contributed by atoms with Crippen molar-refractivity contribution in [3.63, 3.8) is 0 Å². The van der Waals surface area contributed by atoms with Gasteiger partial charge in [-0.15, -0.1) is 0 Å². The van der Waals surface area contributed by atoms with E-state index in [1.165, 1.54) is 11.9 Å². The maximum Gasteiger partial charge on any atom is 0.373 e. The van der Waals surface area contributed by atoms with Crippen LogP contribution in [-0.4, -0.2) is 46.0 Å². The van der Waals surface area contributed by atoms with Crippen LogP contribution in [-0.2, 0) is 6.54 Å². The standard InChI is InChI=1S/C22H22ClN5O3/c1-16-13-18(7-8-19(16)23)31-22-20(28(29)30)21(24-15-25-22)27-11-9-26(10-12-27)14-17-5-3-2-4-6-17/h2-8,13,15H,9-12,14H2,1H3. The first-order valence-electron chi connectivity index (χ1n) is 9.96. The van der Waals surface area contributed by atoms with Crippen molar-refractivity contribution in [1.82, 2.24) is 14.9 Å². The fourth-order valence-corrected chi connectivity index (χ4v) is 3.69. The second-order valence-corrected chi connectivity index (χ2v) is 7.78. The van der Waals surface area contributed by atoms with Crippen molar-refractivity contribution in [3.8, 4) is 11.6 Å². The smallest absolute Gasteiger partial charge is 0.373 e. The van der Waals surface area contributed by atoms with E-state index >= 15 is 0 Å². The summed E-state index contributed by atoms with van der Waals surface area (Å²) in [6.07, 6.45) is 1.30. The van der Waals surface area contributed by atoms with Gasteiger partial charge in [0.2, 0.25) is 5.82 Å². The largest absolute Gasteiger partial charge is 0.434 e. The second-order valence-electron chi connectivity index (χ2n) is 7.37. The molecule has 0 aliphatic carbocycles. The van der Waals surface area contributed by atoms with Crippen molar-refractivity contribution in [2.45, 2.75) is 13.5 Å². The zero-order valence-electron chi connectivity index (χ0n) is 17.1. The Kier molecular flexibility index (Phi) is 6.29. The molecule has 0 saturated carbocycles. The van der Waals surface area contributed by atoms with Crippen LogP contribution in [0, 0.1) is 17.0 Å². The van der Waals surface area contributed by atoms with Crippen LogP contribution < -0.4 is 9.64 Å². The third-order valence-electron chi connectivity index (χ3n) is 5.22. The summed E-state index contributed by atoms with van der Waals surface area (Å²) in [6.45, 7) is 5.51. The van der Waals surface area contributed by atoms with Crippen LogP contribution in [0.3, 0.4) is 0 Å². The molecule has 1 aromatic heterocycles. The molecular formula is C22H22ClN5O3. The Balaban J connectivity index is 1.51. The number of rotatable bonds is 6. The maximum atomic E-state index is 11.9. The van der Waals surface area contributed by atoms with Crippen LogP contribution >= 0.6 is 11.6 Å². The highest BCUT2D eigenvalue weighted by Crippen LogP contribution is 2.37. The number of nitrogens with zero attached hydrogens (tertiary/aromatic N) is 5. The van der Waals surface area contributed by atoms with Crippen LogP contribution in [0.2, 0.25) is 5.02 Å². The van der Waals surface area contributed by atoms with E-state index in [1.807, 2.05) is 30.0 Å². The third kappa shape index (κ3) is 4.92. The van der Waals surface area contributed by atoms with E-state index in [-0.39, 0.29) is 17.4 Å². The molecule has 9 heteroatoms. The minimum Gasteiger partial charge on any atom is -0.434 e. The molecule has 31 heavy (non-hydrogen) atoms. The fourth-order valence-electron chi connectivity index (χ4n) is 3.57. The first-order chi connectivity index (χ1) is 15.0. The van der Waals surface area contributed by atoms with E-state index < -0.39 is 4.92 Å². The summed E-state index contributed by atoms with van der Waals surface area (Å²) in [7, 11) is 0. The van der Waals surface area contributed by atoms with Crippen molar-refractivity contribution in [3.05, 3.63) is 81.1 Å². The molecule has 2 aromatic carbocycles. The minimum atomic E-state index is -0.482. The van der Waals surface area contributed by atoms with Gasteiger partial charge < -0.3 is 9.64 Å². The predicted octanol–water partition coefficient (Wildman–Crippen LogP) is 4.46. The average Bonchev–Trinajstić information content (AvgIpc) is 2.77. The van der Waals surface area contributed by atoms with E-state index in [9.17, 15) is 10.1 Å². The summed E-state index contributed by atoms with van der Waals surface area (Å²) >= 11 is 6.05. The highest BCUT2D eigenvalue weighted by Gasteiger charge is 2.30.